The van der Waals surface area contributed by atoms with Crippen LogP contribution in [-0.4, -0.2) is 45.7 Å². The van der Waals surface area contributed by atoms with Crippen LogP contribution < -0.4 is 0 Å². The maximum absolute atomic E-state index is 13.0. The van der Waals surface area contributed by atoms with Crippen LogP contribution in [0, 0.1) is 19.8 Å². The summed E-state index contributed by atoms with van der Waals surface area (Å²) in [5.74, 6) is -2.05. The fourth-order valence-electron chi connectivity index (χ4n) is 4.21. The van der Waals surface area contributed by atoms with Gasteiger partial charge in [-0.1, -0.05) is 32.9 Å². The molecule has 1 aliphatic rings. The van der Waals surface area contributed by atoms with E-state index < -0.39 is 30.4 Å². The molecule has 0 radical (unpaired) electrons. The molecule has 1 aliphatic heterocycles. The fourth-order valence-corrected chi connectivity index (χ4v) is 4.21. The Balaban J connectivity index is 1.77. The van der Waals surface area contributed by atoms with Crippen LogP contribution in [0.25, 0.3) is 0 Å². The number of Topliss-reactive ketones (excluding diaryl/α,β-unsaturated/α-hetero) is 1. The number of esters is 1. The molecule has 7 heteroatoms. The average Bonchev–Trinajstić information content (AvgIpc) is 3.18. The predicted molar refractivity (Wildman–Crippen MR) is 120 cm³/mol. The Labute approximate surface area is 188 Å². The summed E-state index contributed by atoms with van der Waals surface area (Å²) in [4.78, 5) is 52.5. The summed E-state index contributed by atoms with van der Waals surface area (Å²) in [6.07, 6.45) is 1.19. The summed E-state index contributed by atoms with van der Waals surface area (Å²) < 4.78 is 7.41. The number of hydrogen-bond acceptors (Lipinski definition) is 5. The summed E-state index contributed by atoms with van der Waals surface area (Å²) in [5.41, 5.74) is 2.88. The fraction of sp³-hybridized carbons (Fsp3) is 0.440. The van der Waals surface area contributed by atoms with Crippen molar-refractivity contribution in [1.82, 2.24) is 9.47 Å². The standard InChI is InChI=1S/C25H30N2O5/c1-6-11-26-16(4)13-20(17(26)5)22(28)14-32-25(31)21(12-15(2)3)27-23(29)18-9-7-8-10-19(18)24(27)30/h7-10,13,15,21H,6,11-12,14H2,1-5H3. The Morgan fingerprint density at radius 2 is 1.62 bits per heavy atom. The normalized spacial score (nSPS) is 14.1. The van der Waals surface area contributed by atoms with E-state index in [2.05, 4.69) is 11.5 Å². The zero-order chi connectivity index (χ0) is 23.6. The van der Waals surface area contributed by atoms with Gasteiger partial charge in [0.15, 0.2) is 6.61 Å². The van der Waals surface area contributed by atoms with Crippen molar-refractivity contribution in [3.8, 4) is 0 Å². The van der Waals surface area contributed by atoms with Crippen LogP contribution in [0.1, 0.15) is 76.1 Å². The number of ether oxygens (including phenoxy) is 1. The Bertz CT molecular complexity index is 1030. The van der Waals surface area contributed by atoms with Crippen molar-refractivity contribution in [2.75, 3.05) is 6.61 Å². The summed E-state index contributed by atoms with van der Waals surface area (Å²) >= 11 is 0. The first kappa shape index (κ1) is 23.4. The molecule has 32 heavy (non-hydrogen) atoms. The lowest BCUT2D eigenvalue weighted by molar-refractivity contribution is -0.147. The van der Waals surface area contributed by atoms with Crippen molar-refractivity contribution in [2.45, 2.75) is 60.0 Å². The second kappa shape index (κ2) is 9.51. The number of benzene rings is 1. The molecule has 0 saturated carbocycles. The van der Waals surface area contributed by atoms with Gasteiger partial charge in [-0.3, -0.25) is 19.3 Å². The molecule has 3 rings (SSSR count). The number of imide groups is 1. The number of ketones is 1. The van der Waals surface area contributed by atoms with Gasteiger partial charge in [-0.15, -0.1) is 0 Å². The van der Waals surface area contributed by atoms with Crippen molar-refractivity contribution < 1.29 is 23.9 Å². The highest BCUT2D eigenvalue weighted by Gasteiger charge is 2.43. The maximum Gasteiger partial charge on any atom is 0.329 e. The number of aromatic nitrogens is 1. The second-order valence-electron chi connectivity index (χ2n) is 8.64. The number of nitrogens with zero attached hydrogens (tertiary/aromatic N) is 2. The molecule has 2 amide bonds. The molecular formula is C25H30N2O5. The first-order chi connectivity index (χ1) is 15.2. The van der Waals surface area contributed by atoms with Gasteiger partial charge < -0.3 is 9.30 Å². The average molecular weight is 439 g/mol. The first-order valence-corrected chi connectivity index (χ1v) is 11.0. The van der Waals surface area contributed by atoms with Crippen LogP contribution in [0.15, 0.2) is 30.3 Å². The Hall–Kier alpha value is -3.22. The number of amides is 2. The molecule has 170 valence electrons. The van der Waals surface area contributed by atoms with E-state index >= 15 is 0 Å². The van der Waals surface area contributed by atoms with Crippen LogP contribution in [0.2, 0.25) is 0 Å². The summed E-state index contributed by atoms with van der Waals surface area (Å²) in [6.45, 7) is 10.0. The van der Waals surface area contributed by atoms with E-state index in [-0.39, 0.29) is 29.2 Å². The van der Waals surface area contributed by atoms with Gasteiger partial charge in [-0.05, 0) is 50.8 Å². The zero-order valence-electron chi connectivity index (χ0n) is 19.3. The smallest absolute Gasteiger partial charge is 0.329 e. The van der Waals surface area contributed by atoms with Crippen LogP contribution >= 0.6 is 0 Å². The highest BCUT2D eigenvalue weighted by molar-refractivity contribution is 6.22. The molecule has 0 saturated heterocycles. The summed E-state index contributed by atoms with van der Waals surface area (Å²) in [7, 11) is 0. The Morgan fingerprint density at radius 3 is 2.16 bits per heavy atom. The number of rotatable bonds is 9. The molecule has 2 aromatic rings. The van der Waals surface area contributed by atoms with Gasteiger partial charge >= 0.3 is 5.97 Å². The van der Waals surface area contributed by atoms with Gasteiger partial charge in [0.05, 0.1) is 11.1 Å². The lowest BCUT2D eigenvalue weighted by atomic mass is 10.0. The molecule has 0 N–H and O–H groups in total. The number of carbonyl (C=O) groups is 4. The predicted octanol–water partition coefficient (Wildman–Crippen LogP) is 3.95. The van der Waals surface area contributed by atoms with Crippen LogP contribution in [0.5, 0.6) is 0 Å². The highest BCUT2D eigenvalue weighted by Crippen LogP contribution is 2.27. The van der Waals surface area contributed by atoms with Gasteiger partial charge in [-0.2, -0.15) is 0 Å². The van der Waals surface area contributed by atoms with E-state index in [4.69, 9.17) is 4.74 Å². The monoisotopic (exact) mass is 438 g/mol. The van der Waals surface area contributed by atoms with Crippen LogP contribution in [-0.2, 0) is 16.1 Å². The van der Waals surface area contributed by atoms with Gasteiger partial charge in [-0.25, -0.2) is 4.79 Å². The van der Waals surface area contributed by atoms with E-state index in [0.717, 1.165) is 29.3 Å². The SMILES string of the molecule is CCCn1c(C)cc(C(=O)COC(=O)C(CC(C)C)N2C(=O)c3ccccc3C2=O)c1C. The van der Waals surface area contributed by atoms with E-state index in [1.807, 2.05) is 27.7 Å². The molecule has 1 aromatic heterocycles. The highest BCUT2D eigenvalue weighted by atomic mass is 16.5. The lowest BCUT2D eigenvalue weighted by Gasteiger charge is -2.25. The van der Waals surface area contributed by atoms with Crippen molar-refractivity contribution in [3.63, 3.8) is 0 Å². The van der Waals surface area contributed by atoms with Crippen molar-refractivity contribution in [2.24, 2.45) is 5.92 Å². The van der Waals surface area contributed by atoms with Gasteiger partial charge in [0.2, 0.25) is 5.78 Å². The quantitative estimate of drug-likeness (QED) is 0.336. The molecule has 7 nitrogen and oxygen atoms in total. The van der Waals surface area contributed by atoms with Crippen molar-refractivity contribution in [3.05, 3.63) is 58.4 Å². The molecule has 0 aliphatic carbocycles. The van der Waals surface area contributed by atoms with Gasteiger partial charge in [0.25, 0.3) is 11.8 Å². The van der Waals surface area contributed by atoms with E-state index in [0.29, 0.717) is 5.56 Å². The van der Waals surface area contributed by atoms with Crippen LogP contribution in [0.3, 0.4) is 0 Å². The minimum atomic E-state index is -1.08. The maximum atomic E-state index is 13.0. The second-order valence-corrected chi connectivity index (χ2v) is 8.64. The van der Waals surface area contributed by atoms with E-state index in [9.17, 15) is 19.2 Å². The largest absolute Gasteiger partial charge is 0.456 e. The number of carbonyl (C=O) groups excluding carboxylic acids is 4. The topological polar surface area (TPSA) is 85.7 Å². The molecule has 0 spiro atoms. The first-order valence-electron chi connectivity index (χ1n) is 11.0. The number of hydrogen-bond donors (Lipinski definition) is 0. The van der Waals surface area contributed by atoms with E-state index in [1.165, 1.54) is 0 Å². The Morgan fingerprint density at radius 1 is 1.03 bits per heavy atom. The molecule has 0 fully saturated rings. The zero-order valence-corrected chi connectivity index (χ0v) is 19.3. The third-order valence-corrected chi connectivity index (χ3v) is 5.77. The molecule has 1 aromatic carbocycles. The summed E-state index contributed by atoms with van der Waals surface area (Å²) in [5, 5.41) is 0. The number of aryl methyl sites for hydroxylation is 1. The molecule has 1 unspecified atom stereocenters. The minimum absolute atomic E-state index is 0.0283. The van der Waals surface area contributed by atoms with Crippen molar-refractivity contribution >= 4 is 23.6 Å². The molecule has 2 heterocycles. The lowest BCUT2D eigenvalue weighted by Crippen LogP contribution is -2.46. The Kier molecular flexibility index (Phi) is 6.96. The number of fused-ring (bicyclic) bond motifs is 1. The van der Waals surface area contributed by atoms with Crippen LogP contribution in [0.4, 0.5) is 0 Å². The minimum Gasteiger partial charge on any atom is -0.456 e. The van der Waals surface area contributed by atoms with E-state index in [1.54, 1.807) is 30.3 Å². The molecular weight excluding hydrogens is 408 g/mol. The molecule has 0 bridgehead atoms. The summed E-state index contributed by atoms with van der Waals surface area (Å²) in [6, 6.07) is 7.22. The van der Waals surface area contributed by atoms with Crippen molar-refractivity contribution in [1.29, 1.82) is 0 Å². The third-order valence-electron chi connectivity index (χ3n) is 5.77. The third kappa shape index (κ3) is 4.38. The molecule has 1 atom stereocenters. The van der Waals surface area contributed by atoms with Gasteiger partial charge in [0, 0.05) is 23.5 Å². The van der Waals surface area contributed by atoms with Gasteiger partial charge in [0.1, 0.15) is 6.04 Å².